The van der Waals surface area contributed by atoms with Crippen molar-refractivity contribution in [3.8, 4) is 0 Å². The fourth-order valence-electron chi connectivity index (χ4n) is 0. The molecule has 0 aromatic rings. The molecule has 0 nitrogen and oxygen atoms in total. The molecule has 1 radical (unpaired) electrons. The fourth-order valence-corrected chi connectivity index (χ4v) is 0. The van der Waals surface area contributed by atoms with Gasteiger partial charge in [0, 0.05) is 16.8 Å². The van der Waals surface area contributed by atoms with Gasteiger partial charge in [-0.25, -0.2) is 0 Å². The van der Waals surface area contributed by atoms with E-state index in [9.17, 15) is 0 Å². The smallest absolute Gasteiger partial charge is 0 e. The summed E-state index contributed by atoms with van der Waals surface area (Å²) >= 11 is 0. The standard InChI is InChI=1S/C3H7.Co/c1-3-2;/h3H,1-2H3;/q-1;. The van der Waals surface area contributed by atoms with Crippen LogP contribution in [0.3, 0.4) is 0 Å². The molecule has 0 fully saturated rings. The van der Waals surface area contributed by atoms with Gasteiger partial charge in [0.25, 0.3) is 0 Å². The zero-order valence-corrected chi connectivity index (χ0v) is 3.95. The van der Waals surface area contributed by atoms with Crippen LogP contribution >= 0.6 is 0 Å². The van der Waals surface area contributed by atoms with E-state index in [1.165, 1.54) is 0 Å². The molecule has 0 rings (SSSR count). The van der Waals surface area contributed by atoms with E-state index < -0.39 is 0 Å². The van der Waals surface area contributed by atoms with Gasteiger partial charge in [-0.05, 0) is 0 Å². The van der Waals surface area contributed by atoms with E-state index in [4.69, 9.17) is 0 Å². The van der Waals surface area contributed by atoms with E-state index in [0.29, 0.717) is 0 Å². The maximum atomic E-state index is 2.00. The van der Waals surface area contributed by atoms with E-state index in [2.05, 4.69) is 0 Å². The van der Waals surface area contributed by atoms with Crippen molar-refractivity contribution in [1.82, 2.24) is 0 Å². The maximum Gasteiger partial charge on any atom is 0 e. The summed E-state index contributed by atoms with van der Waals surface area (Å²) in [7, 11) is 0. The second-order valence-electron chi connectivity index (χ2n) is 0.577. The predicted octanol–water partition coefficient (Wildman–Crippen LogP) is 1.23. The van der Waals surface area contributed by atoms with Crippen LogP contribution in [0.15, 0.2) is 0 Å². The van der Waals surface area contributed by atoms with Gasteiger partial charge >= 0.3 is 0 Å². The van der Waals surface area contributed by atoms with Gasteiger partial charge in [0.05, 0.1) is 0 Å². The second kappa shape index (κ2) is 9.71. The minimum absolute atomic E-state index is 0. The summed E-state index contributed by atoms with van der Waals surface area (Å²) in [5.41, 5.74) is 0. The average Bonchev–Trinajstić information content (AvgIpc) is 0.918. The molecule has 29 valence electrons. The van der Waals surface area contributed by atoms with Crippen LogP contribution in [0.2, 0.25) is 0 Å². The predicted molar refractivity (Wildman–Crippen MR) is 15.6 cm³/mol. The Bertz CT molecular complexity index is 3.25. The third-order valence-electron chi connectivity index (χ3n) is 0. The molecule has 0 N–H and O–H groups in total. The Morgan fingerprint density at radius 2 is 1.25 bits per heavy atom. The maximum absolute atomic E-state index is 2.00. The molecule has 0 aliphatic carbocycles. The Morgan fingerprint density at radius 1 is 1.25 bits per heavy atom. The first-order chi connectivity index (χ1) is 1.41. The fraction of sp³-hybridized carbons (Fsp3) is 0.667. The van der Waals surface area contributed by atoms with Crippen molar-refractivity contribution in [2.45, 2.75) is 13.8 Å². The molecule has 0 spiro atoms. The van der Waals surface area contributed by atoms with Gasteiger partial charge in [-0.1, -0.05) is 0 Å². The van der Waals surface area contributed by atoms with Gasteiger partial charge in [-0.2, -0.15) is 13.8 Å². The first-order valence-electron chi connectivity index (χ1n) is 1.15. The molecule has 0 heterocycles. The SMILES string of the molecule is C[CH-]C.[Co]. The van der Waals surface area contributed by atoms with E-state index >= 15 is 0 Å². The summed E-state index contributed by atoms with van der Waals surface area (Å²) in [4.78, 5) is 0. The molecule has 4 heavy (non-hydrogen) atoms. The van der Waals surface area contributed by atoms with Gasteiger partial charge in [0.15, 0.2) is 0 Å². The Hall–Kier alpha value is 0.506. The third kappa shape index (κ3) is 22.2. The summed E-state index contributed by atoms with van der Waals surface area (Å²) in [5, 5.41) is 0. The van der Waals surface area contributed by atoms with Crippen molar-refractivity contribution < 1.29 is 16.8 Å². The summed E-state index contributed by atoms with van der Waals surface area (Å²) in [6, 6.07) is 0. The second-order valence-corrected chi connectivity index (χ2v) is 0.577. The molecule has 0 atom stereocenters. The Labute approximate surface area is 37.8 Å². The number of hydrogen-bond acceptors (Lipinski definition) is 0. The van der Waals surface area contributed by atoms with Crippen molar-refractivity contribution in [3.63, 3.8) is 0 Å². The Kier molecular flexibility index (Phi) is 21.4. The van der Waals surface area contributed by atoms with Gasteiger partial charge < -0.3 is 6.42 Å². The van der Waals surface area contributed by atoms with Gasteiger partial charge in [0.2, 0.25) is 0 Å². The largest absolute Gasteiger partial charge is 0.335 e. The minimum Gasteiger partial charge on any atom is -0.335 e. The van der Waals surface area contributed by atoms with Crippen LogP contribution in [0.5, 0.6) is 0 Å². The van der Waals surface area contributed by atoms with Crippen LogP contribution in [0.4, 0.5) is 0 Å². The summed E-state index contributed by atoms with van der Waals surface area (Å²) < 4.78 is 0. The van der Waals surface area contributed by atoms with Crippen LogP contribution in [0.1, 0.15) is 13.8 Å². The Morgan fingerprint density at radius 3 is 1.25 bits per heavy atom. The topological polar surface area (TPSA) is 0 Å². The van der Waals surface area contributed by atoms with Crippen molar-refractivity contribution >= 4 is 0 Å². The summed E-state index contributed by atoms with van der Waals surface area (Å²) in [6.45, 7) is 4.00. The van der Waals surface area contributed by atoms with Gasteiger partial charge in [0.1, 0.15) is 0 Å². The normalized spacial score (nSPS) is 4.50. The van der Waals surface area contributed by atoms with Crippen molar-refractivity contribution in [2.24, 2.45) is 0 Å². The molecule has 0 aromatic heterocycles. The molecule has 0 aliphatic rings. The number of rotatable bonds is 0. The summed E-state index contributed by atoms with van der Waals surface area (Å²) in [5.74, 6) is 0. The van der Waals surface area contributed by atoms with Crippen LogP contribution in [-0.2, 0) is 16.8 Å². The zero-order valence-electron chi connectivity index (χ0n) is 2.91. The minimum atomic E-state index is 0. The zero-order chi connectivity index (χ0) is 2.71. The molecular weight excluding hydrogens is 95.0 g/mol. The van der Waals surface area contributed by atoms with Gasteiger partial charge in [-0.3, -0.25) is 0 Å². The third-order valence-corrected chi connectivity index (χ3v) is 0. The summed E-state index contributed by atoms with van der Waals surface area (Å²) in [6.07, 6.45) is 2.00. The molecule has 0 amide bonds. The van der Waals surface area contributed by atoms with Crippen molar-refractivity contribution in [1.29, 1.82) is 0 Å². The van der Waals surface area contributed by atoms with E-state index in [-0.39, 0.29) is 16.8 Å². The molecular formula is C3H7Co-. The first kappa shape index (κ1) is 8.82. The molecule has 0 aliphatic heterocycles. The number of hydrogen-bond donors (Lipinski definition) is 0. The molecule has 0 unspecified atom stereocenters. The van der Waals surface area contributed by atoms with E-state index in [1.54, 1.807) is 0 Å². The molecule has 0 aromatic carbocycles. The van der Waals surface area contributed by atoms with Crippen LogP contribution < -0.4 is 0 Å². The van der Waals surface area contributed by atoms with Crippen molar-refractivity contribution in [2.75, 3.05) is 0 Å². The van der Waals surface area contributed by atoms with Crippen LogP contribution in [-0.4, -0.2) is 0 Å². The molecule has 0 saturated heterocycles. The van der Waals surface area contributed by atoms with Crippen LogP contribution in [0, 0.1) is 6.42 Å². The molecule has 0 saturated carbocycles. The van der Waals surface area contributed by atoms with Crippen molar-refractivity contribution in [3.05, 3.63) is 6.42 Å². The quantitative estimate of drug-likeness (QED) is 0.403. The van der Waals surface area contributed by atoms with Crippen LogP contribution in [0.25, 0.3) is 0 Å². The van der Waals surface area contributed by atoms with E-state index in [0.717, 1.165) is 0 Å². The monoisotopic (exact) mass is 102 g/mol. The van der Waals surface area contributed by atoms with Gasteiger partial charge in [-0.15, -0.1) is 0 Å². The molecule has 1 heteroatoms. The Balaban J connectivity index is 0. The molecule has 0 bridgehead atoms. The average molecular weight is 102 g/mol. The first-order valence-corrected chi connectivity index (χ1v) is 1.15. The van der Waals surface area contributed by atoms with E-state index in [1.807, 2.05) is 20.3 Å².